The van der Waals surface area contributed by atoms with Crippen LogP contribution in [-0.4, -0.2) is 33.0 Å². The minimum atomic E-state index is -2.86. The van der Waals surface area contributed by atoms with Gasteiger partial charge in [0.2, 0.25) is 0 Å². The summed E-state index contributed by atoms with van der Waals surface area (Å²) in [6.45, 7) is 3.71. The van der Waals surface area contributed by atoms with Crippen LogP contribution in [0, 0.1) is 0 Å². The van der Waals surface area contributed by atoms with Crippen molar-refractivity contribution in [1.29, 1.82) is 0 Å². The minimum Gasteiger partial charge on any atom is -0.314 e. The van der Waals surface area contributed by atoms with Crippen LogP contribution in [0.15, 0.2) is 0 Å². The van der Waals surface area contributed by atoms with Crippen LogP contribution in [0.1, 0.15) is 13.8 Å². The molecule has 3 nitrogen and oxygen atoms in total. The molecule has 0 spiro atoms. The third-order valence-corrected chi connectivity index (χ3v) is 2.55. The highest BCUT2D eigenvalue weighted by Gasteiger charge is 2.20. The number of hydrogen-bond donors (Lipinski definition) is 1. The Hall–Kier alpha value is -0.0900. The van der Waals surface area contributed by atoms with Crippen LogP contribution < -0.4 is 5.32 Å². The van der Waals surface area contributed by atoms with E-state index in [1.807, 2.05) is 13.8 Å². The summed E-state index contributed by atoms with van der Waals surface area (Å²) in [6.07, 6.45) is 1.24. The van der Waals surface area contributed by atoms with E-state index in [-0.39, 0.29) is 11.3 Å². The lowest BCUT2D eigenvalue weighted by Gasteiger charge is -2.22. The molecule has 0 rings (SSSR count). The third-order valence-electron chi connectivity index (χ3n) is 1.30. The van der Waals surface area contributed by atoms with Gasteiger partial charge in [0.05, 0.1) is 5.75 Å². The highest BCUT2D eigenvalue weighted by Crippen LogP contribution is 2.03. The van der Waals surface area contributed by atoms with E-state index >= 15 is 0 Å². The van der Waals surface area contributed by atoms with E-state index in [0.717, 1.165) is 0 Å². The second-order valence-electron chi connectivity index (χ2n) is 3.20. The van der Waals surface area contributed by atoms with E-state index in [0.29, 0.717) is 0 Å². The number of hydrogen-bond acceptors (Lipinski definition) is 3. The van der Waals surface area contributed by atoms with Crippen LogP contribution in [0.5, 0.6) is 0 Å². The molecule has 1 N–H and O–H groups in total. The molecule has 0 aliphatic carbocycles. The molecule has 0 aliphatic heterocycles. The average Bonchev–Trinajstić information content (AvgIpc) is 1.60. The van der Waals surface area contributed by atoms with E-state index in [1.54, 1.807) is 7.05 Å². The molecule has 0 saturated carbocycles. The van der Waals surface area contributed by atoms with E-state index in [9.17, 15) is 8.42 Å². The minimum absolute atomic E-state index is 0.177. The van der Waals surface area contributed by atoms with Gasteiger partial charge in [-0.15, -0.1) is 0 Å². The molecule has 0 radical (unpaired) electrons. The summed E-state index contributed by atoms with van der Waals surface area (Å²) < 4.78 is 21.5. The van der Waals surface area contributed by atoms with Crippen LogP contribution in [0.2, 0.25) is 0 Å². The first-order valence-corrected chi connectivity index (χ1v) is 5.19. The predicted octanol–water partition coefficient (Wildman–Crippen LogP) is 0.0290. The zero-order chi connectivity index (χ0) is 8.41. The Bertz CT molecular complexity index is 194. The lowest BCUT2D eigenvalue weighted by molar-refractivity contribution is 0.464. The van der Waals surface area contributed by atoms with Crippen molar-refractivity contribution in [2.24, 2.45) is 0 Å². The average molecular weight is 165 g/mol. The molecule has 62 valence electrons. The number of rotatable bonds is 3. The molecule has 0 bridgehead atoms. The molecule has 0 heterocycles. The molecule has 0 amide bonds. The fraction of sp³-hybridized carbons (Fsp3) is 1.00. The Kier molecular flexibility index (Phi) is 2.86. The maximum Gasteiger partial charge on any atom is 0.149 e. The number of nitrogens with one attached hydrogen (secondary N) is 1. The monoisotopic (exact) mass is 165 g/mol. The van der Waals surface area contributed by atoms with Gasteiger partial charge < -0.3 is 5.32 Å². The van der Waals surface area contributed by atoms with Crippen LogP contribution in [-0.2, 0) is 9.84 Å². The molecule has 0 aliphatic rings. The standard InChI is InChI=1S/C6H15NO2S/c1-6(2,7-3)5-10(4,8)9/h7H,5H2,1-4H3. The summed E-state index contributed by atoms with van der Waals surface area (Å²) in [5, 5.41) is 2.92. The SMILES string of the molecule is CNC(C)(C)CS(C)(=O)=O. The molecule has 0 unspecified atom stereocenters. The first kappa shape index (κ1) is 9.91. The molecule has 0 saturated heterocycles. The van der Waals surface area contributed by atoms with Crippen molar-refractivity contribution >= 4 is 9.84 Å². The maximum atomic E-state index is 10.8. The van der Waals surface area contributed by atoms with Gasteiger partial charge >= 0.3 is 0 Å². The maximum absolute atomic E-state index is 10.8. The largest absolute Gasteiger partial charge is 0.314 e. The smallest absolute Gasteiger partial charge is 0.149 e. The Morgan fingerprint density at radius 3 is 1.90 bits per heavy atom. The Balaban J connectivity index is 4.16. The van der Waals surface area contributed by atoms with Gasteiger partial charge in [0.15, 0.2) is 0 Å². The summed E-state index contributed by atoms with van der Waals surface area (Å²) in [6, 6.07) is 0. The predicted molar refractivity (Wildman–Crippen MR) is 42.8 cm³/mol. The molecule has 4 heteroatoms. The summed E-state index contributed by atoms with van der Waals surface area (Å²) in [4.78, 5) is 0. The highest BCUT2D eigenvalue weighted by molar-refractivity contribution is 7.90. The fourth-order valence-corrected chi connectivity index (χ4v) is 2.18. The topological polar surface area (TPSA) is 46.2 Å². The highest BCUT2D eigenvalue weighted by atomic mass is 32.2. The Labute approximate surface area is 62.7 Å². The molecule has 0 aromatic carbocycles. The van der Waals surface area contributed by atoms with Crippen LogP contribution >= 0.6 is 0 Å². The quantitative estimate of drug-likeness (QED) is 0.641. The van der Waals surface area contributed by atoms with Gasteiger partial charge in [0.1, 0.15) is 9.84 Å². The van der Waals surface area contributed by atoms with Gasteiger partial charge in [-0.05, 0) is 20.9 Å². The van der Waals surface area contributed by atoms with Gasteiger partial charge in [-0.2, -0.15) is 0 Å². The molecule has 0 atom stereocenters. The van der Waals surface area contributed by atoms with Crippen molar-refractivity contribution in [2.75, 3.05) is 19.1 Å². The van der Waals surface area contributed by atoms with Crippen molar-refractivity contribution in [3.8, 4) is 0 Å². The van der Waals surface area contributed by atoms with E-state index < -0.39 is 9.84 Å². The van der Waals surface area contributed by atoms with Crippen molar-refractivity contribution < 1.29 is 8.42 Å². The molecular weight excluding hydrogens is 150 g/mol. The molecular formula is C6H15NO2S. The zero-order valence-electron chi connectivity index (χ0n) is 6.93. The zero-order valence-corrected chi connectivity index (χ0v) is 7.75. The van der Waals surface area contributed by atoms with Crippen LogP contribution in [0.3, 0.4) is 0 Å². The molecule has 10 heavy (non-hydrogen) atoms. The summed E-state index contributed by atoms with van der Waals surface area (Å²) in [5.41, 5.74) is -0.312. The van der Waals surface area contributed by atoms with E-state index in [4.69, 9.17) is 0 Å². The Morgan fingerprint density at radius 1 is 1.40 bits per heavy atom. The lowest BCUT2D eigenvalue weighted by Crippen LogP contribution is -2.42. The van der Waals surface area contributed by atoms with Crippen molar-refractivity contribution in [3.63, 3.8) is 0 Å². The summed E-state index contributed by atoms with van der Waals surface area (Å²) in [5.74, 6) is 0.177. The van der Waals surface area contributed by atoms with Gasteiger partial charge in [-0.1, -0.05) is 0 Å². The second-order valence-corrected chi connectivity index (χ2v) is 5.34. The lowest BCUT2D eigenvalue weighted by atomic mass is 10.1. The fourth-order valence-electron chi connectivity index (χ4n) is 0.728. The number of sulfone groups is 1. The van der Waals surface area contributed by atoms with Gasteiger partial charge in [0.25, 0.3) is 0 Å². The van der Waals surface area contributed by atoms with Gasteiger partial charge in [-0.25, -0.2) is 8.42 Å². The van der Waals surface area contributed by atoms with Gasteiger partial charge in [-0.3, -0.25) is 0 Å². The van der Waals surface area contributed by atoms with Crippen LogP contribution in [0.4, 0.5) is 0 Å². The normalized spacial score (nSPS) is 13.6. The van der Waals surface area contributed by atoms with Crippen molar-refractivity contribution in [3.05, 3.63) is 0 Å². The molecule has 0 aromatic heterocycles. The van der Waals surface area contributed by atoms with Crippen LogP contribution in [0.25, 0.3) is 0 Å². The van der Waals surface area contributed by atoms with E-state index in [2.05, 4.69) is 5.32 Å². The van der Waals surface area contributed by atoms with E-state index in [1.165, 1.54) is 6.26 Å². The summed E-state index contributed by atoms with van der Waals surface area (Å²) in [7, 11) is -1.10. The van der Waals surface area contributed by atoms with Crippen molar-refractivity contribution in [1.82, 2.24) is 5.32 Å². The third kappa shape index (κ3) is 4.76. The first-order chi connectivity index (χ1) is 4.27. The van der Waals surface area contributed by atoms with Gasteiger partial charge in [0, 0.05) is 11.8 Å². The first-order valence-electron chi connectivity index (χ1n) is 3.13. The summed E-state index contributed by atoms with van der Waals surface area (Å²) >= 11 is 0. The molecule has 0 aromatic rings. The second kappa shape index (κ2) is 2.88. The molecule has 0 fully saturated rings. The Morgan fingerprint density at radius 2 is 1.80 bits per heavy atom. The van der Waals surface area contributed by atoms with Crippen molar-refractivity contribution in [2.45, 2.75) is 19.4 Å².